The summed E-state index contributed by atoms with van der Waals surface area (Å²) in [6.07, 6.45) is 0. The Bertz CT molecular complexity index is 1650. The van der Waals surface area contributed by atoms with Crippen molar-refractivity contribution >= 4 is 85.6 Å². The molecule has 0 saturated heterocycles. The molecule has 0 N–H and O–H groups in total. The fourth-order valence-electron chi connectivity index (χ4n) is 3.47. The maximum Gasteiger partial charge on any atom is 0.219 e. The van der Waals surface area contributed by atoms with Crippen LogP contribution in [0.4, 0.5) is 10.0 Å². The molecule has 32 heavy (non-hydrogen) atoms. The minimum atomic E-state index is -0.606. The van der Waals surface area contributed by atoms with Crippen LogP contribution in [0.5, 0.6) is 5.75 Å². The van der Waals surface area contributed by atoms with Gasteiger partial charge in [0.25, 0.3) is 0 Å². The van der Waals surface area contributed by atoms with Crippen LogP contribution in [0.1, 0.15) is 19.4 Å². The zero-order valence-corrected chi connectivity index (χ0v) is 19.6. The molecule has 0 saturated carbocycles. The maximum atomic E-state index is 8.99. The highest BCUT2D eigenvalue weighted by Crippen LogP contribution is 2.60. The van der Waals surface area contributed by atoms with Crippen LogP contribution in [0.15, 0.2) is 22.1 Å². The predicted molar refractivity (Wildman–Crippen MR) is 129 cm³/mol. The zero-order valence-electron chi connectivity index (χ0n) is 16.4. The summed E-state index contributed by atoms with van der Waals surface area (Å²) in [5.41, 5.74) is 0.129. The summed E-state index contributed by atoms with van der Waals surface area (Å²) in [6, 6.07) is 10.9. The van der Waals surface area contributed by atoms with E-state index in [1.807, 2.05) is 26.0 Å². The normalized spacial score (nSPS) is 13.1. The van der Waals surface area contributed by atoms with E-state index in [4.69, 9.17) is 25.8 Å². The average molecular weight is 489 g/mol. The van der Waals surface area contributed by atoms with E-state index >= 15 is 0 Å². The lowest BCUT2D eigenvalue weighted by molar-refractivity contribution is 0.111. The van der Waals surface area contributed by atoms with Crippen LogP contribution in [0, 0.1) is 45.3 Å². The second kappa shape index (κ2) is 7.24. The third-order valence-electron chi connectivity index (χ3n) is 4.69. The van der Waals surface area contributed by atoms with Crippen molar-refractivity contribution in [2.45, 2.75) is 19.4 Å². The van der Waals surface area contributed by atoms with Crippen molar-refractivity contribution in [1.29, 1.82) is 21.0 Å². The molecule has 0 amide bonds. The van der Waals surface area contributed by atoms with Crippen molar-refractivity contribution in [3.8, 4) is 39.8 Å². The lowest BCUT2D eigenvalue weighted by Crippen LogP contribution is -2.27. The van der Waals surface area contributed by atoms with Gasteiger partial charge in [-0.3, -0.25) is 0 Å². The molecule has 4 aromatic heterocycles. The van der Waals surface area contributed by atoms with Gasteiger partial charge in [-0.1, -0.05) is 0 Å². The first-order valence-corrected chi connectivity index (χ1v) is 12.3. The quantitative estimate of drug-likeness (QED) is 0.287. The van der Waals surface area contributed by atoms with Gasteiger partial charge in [-0.2, -0.15) is 21.0 Å². The standard InChI is InChI=1S/C21H8N6OS4/c1-21(2)15-17-11(3-13(31-17)26-9(5-22)6-23)29-19(15)20-16(28-21)18-12(30-20)4-14(32-18)27-10(7-24)8-25/h3-4H,1-2H3. The number of hydrogen-bond acceptors (Lipinski definition) is 11. The number of fused-ring (bicyclic) bond motifs is 7. The van der Waals surface area contributed by atoms with Crippen LogP contribution in [0.2, 0.25) is 0 Å². The highest BCUT2D eigenvalue weighted by molar-refractivity contribution is 7.35. The largest absolute Gasteiger partial charge is 0.480 e. The molecule has 11 heteroatoms. The van der Waals surface area contributed by atoms with E-state index in [0.29, 0.717) is 10.0 Å². The van der Waals surface area contributed by atoms with Gasteiger partial charge < -0.3 is 4.74 Å². The number of hydrogen-bond donors (Lipinski definition) is 0. The van der Waals surface area contributed by atoms with Crippen molar-refractivity contribution in [2.24, 2.45) is 9.98 Å². The molecular formula is C21H8N6OS4. The summed E-state index contributed by atoms with van der Waals surface area (Å²) in [6.45, 7) is 4.03. The van der Waals surface area contributed by atoms with Crippen molar-refractivity contribution in [1.82, 2.24) is 0 Å². The predicted octanol–water partition coefficient (Wildman–Crippen LogP) is 6.77. The average Bonchev–Trinajstić information content (AvgIpc) is 3.49. The fraction of sp³-hybridized carbons (Fsp3) is 0.143. The molecular weight excluding hydrogens is 481 g/mol. The first-order valence-electron chi connectivity index (χ1n) is 8.98. The van der Waals surface area contributed by atoms with Gasteiger partial charge in [0, 0.05) is 10.3 Å². The Morgan fingerprint density at radius 1 is 0.781 bits per heavy atom. The molecule has 0 aliphatic carbocycles. The van der Waals surface area contributed by atoms with E-state index in [1.165, 1.54) is 22.7 Å². The molecule has 0 fully saturated rings. The Morgan fingerprint density at radius 2 is 1.28 bits per heavy atom. The van der Waals surface area contributed by atoms with Gasteiger partial charge in [-0.25, -0.2) is 9.98 Å². The second-order valence-corrected chi connectivity index (χ2v) is 11.3. The Kier molecular flexibility index (Phi) is 4.60. The second-order valence-electron chi connectivity index (χ2n) is 7.10. The molecule has 152 valence electrons. The zero-order chi connectivity index (χ0) is 22.6. The first-order chi connectivity index (χ1) is 15.4. The molecule has 0 atom stereocenters. The molecule has 0 spiro atoms. The summed E-state index contributed by atoms with van der Waals surface area (Å²) in [4.78, 5) is 10.5. The number of ether oxygens (including phenoxy) is 1. The molecule has 7 nitrogen and oxygen atoms in total. The topological polar surface area (TPSA) is 129 Å². The van der Waals surface area contributed by atoms with Crippen LogP contribution in [0.25, 0.3) is 28.6 Å². The first kappa shape index (κ1) is 20.3. The monoisotopic (exact) mass is 488 g/mol. The van der Waals surface area contributed by atoms with E-state index in [-0.39, 0.29) is 11.4 Å². The highest BCUT2D eigenvalue weighted by atomic mass is 32.1. The summed E-state index contributed by atoms with van der Waals surface area (Å²) < 4.78 is 10.5. The van der Waals surface area contributed by atoms with Crippen molar-refractivity contribution < 1.29 is 4.74 Å². The molecule has 0 bridgehead atoms. The van der Waals surface area contributed by atoms with Gasteiger partial charge in [-0.15, -0.1) is 45.3 Å². The highest BCUT2D eigenvalue weighted by Gasteiger charge is 2.39. The van der Waals surface area contributed by atoms with Crippen molar-refractivity contribution in [3.05, 3.63) is 17.7 Å². The summed E-state index contributed by atoms with van der Waals surface area (Å²) in [5.74, 6) is 0.799. The number of aliphatic imine (C=N–C) groups is 2. The van der Waals surface area contributed by atoms with E-state index in [2.05, 4.69) is 9.98 Å². The van der Waals surface area contributed by atoms with E-state index in [9.17, 15) is 0 Å². The Balaban J connectivity index is 1.68. The molecule has 0 aromatic carbocycles. The number of thiophene rings is 4. The Labute approximate surface area is 197 Å². The molecule has 0 unspecified atom stereocenters. The van der Waals surface area contributed by atoms with Gasteiger partial charge in [0.05, 0.1) is 23.9 Å². The third-order valence-corrected chi connectivity index (χ3v) is 9.45. The van der Waals surface area contributed by atoms with Crippen LogP contribution in [-0.2, 0) is 5.60 Å². The summed E-state index contributed by atoms with van der Waals surface area (Å²) in [5, 5.41) is 37.1. The van der Waals surface area contributed by atoms with Crippen LogP contribution in [0.3, 0.4) is 0 Å². The van der Waals surface area contributed by atoms with E-state index < -0.39 is 5.60 Å². The van der Waals surface area contributed by atoms with E-state index in [1.54, 1.807) is 47.0 Å². The minimum absolute atomic E-state index is 0.168. The molecule has 5 rings (SSSR count). The summed E-state index contributed by atoms with van der Waals surface area (Å²) in [7, 11) is 0. The Hall–Kier alpha value is -3.58. The Morgan fingerprint density at radius 3 is 1.84 bits per heavy atom. The molecule has 1 aliphatic rings. The maximum absolute atomic E-state index is 8.99. The lowest BCUT2D eigenvalue weighted by atomic mass is 9.95. The number of nitrogens with zero attached hydrogens (tertiary/aromatic N) is 6. The SMILES string of the molecule is CC1(C)Oc2c(sc3cc(N=C(C#N)C#N)sc23)-c2sc3cc(N=C(C#N)C#N)sc3c21. The van der Waals surface area contributed by atoms with Gasteiger partial charge >= 0.3 is 0 Å². The van der Waals surface area contributed by atoms with Crippen LogP contribution >= 0.6 is 45.3 Å². The summed E-state index contributed by atoms with van der Waals surface area (Å²) >= 11 is 6.09. The number of nitriles is 4. The minimum Gasteiger partial charge on any atom is -0.480 e. The lowest BCUT2D eigenvalue weighted by Gasteiger charge is -2.31. The van der Waals surface area contributed by atoms with Gasteiger partial charge in [-0.05, 0) is 26.0 Å². The molecule has 4 aromatic rings. The van der Waals surface area contributed by atoms with Crippen molar-refractivity contribution in [3.63, 3.8) is 0 Å². The van der Waals surface area contributed by atoms with E-state index in [0.717, 1.165) is 39.9 Å². The fourth-order valence-corrected chi connectivity index (χ4v) is 8.77. The van der Waals surface area contributed by atoms with Crippen molar-refractivity contribution in [2.75, 3.05) is 0 Å². The van der Waals surface area contributed by atoms with Gasteiger partial charge in [0.1, 0.15) is 39.9 Å². The van der Waals surface area contributed by atoms with Crippen LogP contribution < -0.4 is 4.74 Å². The molecule has 1 aliphatic heterocycles. The van der Waals surface area contributed by atoms with Gasteiger partial charge in [0.2, 0.25) is 11.4 Å². The third kappa shape index (κ3) is 3.00. The van der Waals surface area contributed by atoms with Crippen LogP contribution in [-0.4, -0.2) is 11.4 Å². The molecule has 0 radical (unpaired) electrons. The molecule has 5 heterocycles. The van der Waals surface area contributed by atoms with Gasteiger partial charge in [0.15, 0.2) is 5.75 Å². The smallest absolute Gasteiger partial charge is 0.219 e. The number of rotatable bonds is 2.